The fourth-order valence-electron chi connectivity index (χ4n) is 4.27. The molecule has 2 aromatic rings. The molecule has 0 saturated heterocycles. The van der Waals surface area contributed by atoms with Crippen LogP contribution in [0.2, 0.25) is 0 Å². The molecule has 3 atom stereocenters. The van der Waals surface area contributed by atoms with E-state index in [4.69, 9.17) is 4.74 Å². The van der Waals surface area contributed by atoms with Crippen molar-refractivity contribution in [2.24, 2.45) is 5.92 Å². The van der Waals surface area contributed by atoms with Crippen LogP contribution in [-0.2, 0) is 0 Å². The summed E-state index contributed by atoms with van der Waals surface area (Å²) in [6, 6.07) is 10.9. The SMILES string of the molecule is COc1ccc(C)c2c1N[C@H](c1ccccc1[N+](=O)[O-])C1CC=CC21. The lowest BCUT2D eigenvalue weighted by Gasteiger charge is -2.38. The maximum atomic E-state index is 11.5. The second-order valence-corrected chi connectivity index (χ2v) is 6.66. The molecule has 4 rings (SSSR count). The number of anilines is 1. The standard InChI is InChI=1S/C20H20N2O3/c1-12-10-11-17(25-2)20-18(12)13-7-5-8-14(13)19(21-20)15-6-3-4-9-16(15)22(23)24/h3-7,9-11,13-14,19,21H,8H2,1-2H3/t13?,14?,19-/m0/s1. The predicted molar refractivity (Wildman–Crippen MR) is 97.2 cm³/mol. The highest BCUT2D eigenvalue weighted by Gasteiger charge is 2.41. The third-order valence-corrected chi connectivity index (χ3v) is 5.39. The molecule has 5 heteroatoms. The zero-order chi connectivity index (χ0) is 17.6. The van der Waals surface area contributed by atoms with E-state index < -0.39 is 0 Å². The number of fused-ring (bicyclic) bond motifs is 3. The van der Waals surface area contributed by atoms with Crippen LogP contribution in [0, 0.1) is 23.0 Å². The Kier molecular flexibility index (Phi) is 3.71. The highest BCUT2D eigenvalue weighted by atomic mass is 16.6. The molecular formula is C20H20N2O3. The van der Waals surface area contributed by atoms with Gasteiger partial charge in [0.2, 0.25) is 0 Å². The summed E-state index contributed by atoms with van der Waals surface area (Å²) < 4.78 is 5.56. The number of nitrogens with zero attached hydrogens (tertiary/aromatic N) is 1. The Balaban J connectivity index is 1.89. The Labute approximate surface area is 146 Å². The van der Waals surface area contributed by atoms with Crippen LogP contribution in [0.4, 0.5) is 11.4 Å². The van der Waals surface area contributed by atoms with Gasteiger partial charge in [0.25, 0.3) is 5.69 Å². The van der Waals surface area contributed by atoms with Gasteiger partial charge in [-0.15, -0.1) is 0 Å². The van der Waals surface area contributed by atoms with Gasteiger partial charge in [0.05, 0.1) is 29.3 Å². The number of aryl methyl sites for hydroxylation is 1. The number of rotatable bonds is 3. The number of para-hydroxylation sites is 1. The van der Waals surface area contributed by atoms with Crippen LogP contribution in [0.3, 0.4) is 0 Å². The molecule has 1 N–H and O–H groups in total. The van der Waals surface area contributed by atoms with Crippen LogP contribution in [0.5, 0.6) is 5.75 Å². The first-order chi connectivity index (χ1) is 12.1. The summed E-state index contributed by atoms with van der Waals surface area (Å²) >= 11 is 0. The molecule has 0 fully saturated rings. The van der Waals surface area contributed by atoms with Gasteiger partial charge in [0, 0.05) is 12.0 Å². The molecule has 25 heavy (non-hydrogen) atoms. The van der Waals surface area contributed by atoms with Crippen molar-refractivity contribution in [2.75, 3.05) is 12.4 Å². The number of benzene rings is 2. The minimum absolute atomic E-state index is 0.121. The van der Waals surface area contributed by atoms with Gasteiger partial charge >= 0.3 is 0 Å². The predicted octanol–water partition coefficient (Wildman–Crippen LogP) is 4.74. The molecule has 0 radical (unpaired) electrons. The molecule has 0 amide bonds. The summed E-state index contributed by atoms with van der Waals surface area (Å²) in [6.07, 6.45) is 5.33. The first-order valence-corrected chi connectivity index (χ1v) is 8.46. The molecule has 2 aromatic carbocycles. The van der Waals surface area contributed by atoms with Crippen LogP contribution in [0.25, 0.3) is 0 Å². The first-order valence-electron chi connectivity index (χ1n) is 8.46. The highest BCUT2D eigenvalue weighted by Crippen LogP contribution is 2.54. The highest BCUT2D eigenvalue weighted by molar-refractivity contribution is 5.70. The van der Waals surface area contributed by atoms with Crippen molar-refractivity contribution in [3.63, 3.8) is 0 Å². The molecule has 0 saturated carbocycles. The quantitative estimate of drug-likeness (QED) is 0.499. The fraction of sp³-hybridized carbons (Fsp3) is 0.300. The molecular weight excluding hydrogens is 316 g/mol. The van der Waals surface area contributed by atoms with Gasteiger partial charge < -0.3 is 10.1 Å². The molecule has 5 nitrogen and oxygen atoms in total. The van der Waals surface area contributed by atoms with Crippen molar-refractivity contribution in [1.82, 2.24) is 0 Å². The largest absolute Gasteiger partial charge is 0.495 e. The van der Waals surface area contributed by atoms with Crippen molar-refractivity contribution in [2.45, 2.75) is 25.3 Å². The maximum Gasteiger partial charge on any atom is 0.274 e. The summed E-state index contributed by atoms with van der Waals surface area (Å²) in [4.78, 5) is 11.2. The molecule has 2 aliphatic rings. The van der Waals surface area contributed by atoms with Gasteiger partial charge in [-0.2, -0.15) is 0 Å². The number of nitro groups is 1. The maximum absolute atomic E-state index is 11.5. The van der Waals surface area contributed by atoms with Crippen LogP contribution in [0.1, 0.15) is 35.1 Å². The summed E-state index contributed by atoms with van der Waals surface area (Å²) in [6.45, 7) is 2.11. The number of allylic oxidation sites excluding steroid dienone is 2. The normalized spacial score (nSPS) is 23.5. The van der Waals surface area contributed by atoms with E-state index in [1.807, 2.05) is 18.2 Å². The second kappa shape index (κ2) is 5.92. The summed E-state index contributed by atoms with van der Waals surface area (Å²) in [5.41, 5.74) is 4.32. The van der Waals surface area contributed by atoms with Crippen LogP contribution in [0.15, 0.2) is 48.6 Å². The van der Waals surface area contributed by atoms with Crippen molar-refractivity contribution < 1.29 is 9.66 Å². The van der Waals surface area contributed by atoms with Crippen LogP contribution in [-0.4, -0.2) is 12.0 Å². The van der Waals surface area contributed by atoms with Crippen LogP contribution >= 0.6 is 0 Å². The molecule has 2 unspecified atom stereocenters. The van der Waals surface area contributed by atoms with Crippen molar-refractivity contribution in [3.05, 3.63) is 75.4 Å². The fourth-order valence-corrected chi connectivity index (χ4v) is 4.27. The van der Waals surface area contributed by atoms with Crippen molar-refractivity contribution >= 4 is 11.4 Å². The number of methoxy groups -OCH3 is 1. The van der Waals surface area contributed by atoms with E-state index in [1.165, 1.54) is 11.1 Å². The lowest BCUT2D eigenvalue weighted by molar-refractivity contribution is -0.385. The van der Waals surface area contributed by atoms with Gasteiger partial charge in [0.1, 0.15) is 5.75 Å². The molecule has 1 heterocycles. The number of nitrogens with one attached hydrogen (secondary N) is 1. The van der Waals surface area contributed by atoms with Crippen molar-refractivity contribution in [1.29, 1.82) is 0 Å². The van der Waals surface area contributed by atoms with Gasteiger partial charge in [-0.3, -0.25) is 10.1 Å². The van der Waals surface area contributed by atoms with E-state index in [2.05, 4.69) is 30.5 Å². The van der Waals surface area contributed by atoms with Gasteiger partial charge in [-0.1, -0.05) is 36.4 Å². The molecule has 1 aliphatic carbocycles. The van der Waals surface area contributed by atoms with E-state index in [0.717, 1.165) is 23.4 Å². The molecule has 128 valence electrons. The third-order valence-electron chi connectivity index (χ3n) is 5.39. The number of nitro benzene ring substituents is 1. The smallest absolute Gasteiger partial charge is 0.274 e. The summed E-state index contributed by atoms with van der Waals surface area (Å²) in [7, 11) is 1.66. The molecule has 1 aliphatic heterocycles. The van der Waals surface area contributed by atoms with E-state index in [0.29, 0.717) is 0 Å². The monoisotopic (exact) mass is 336 g/mol. The first kappa shape index (κ1) is 15.7. The third kappa shape index (κ3) is 2.38. The molecule has 0 bridgehead atoms. The van der Waals surface area contributed by atoms with Gasteiger partial charge in [-0.05, 0) is 36.5 Å². The minimum Gasteiger partial charge on any atom is -0.495 e. The Morgan fingerprint density at radius 3 is 2.80 bits per heavy atom. The Hall–Kier alpha value is -2.82. The van der Waals surface area contributed by atoms with E-state index in [1.54, 1.807) is 19.2 Å². The summed E-state index contributed by atoms with van der Waals surface area (Å²) in [5, 5.41) is 15.1. The zero-order valence-corrected chi connectivity index (χ0v) is 14.2. The second-order valence-electron chi connectivity index (χ2n) is 6.66. The number of hydrogen-bond donors (Lipinski definition) is 1. The number of ether oxygens (including phenoxy) is 1. The lowest BCUT2D eigenvalue weighted by Crippen LogP contribution is -2.30. The van der Waals surface area contributed by atoms with E-state index in [9.17, 15) is 10.1 Å². The topological polar surface area (TPSA) is 64.4 Å². The van der Waals surface area contributed by atoms with Crippen LogP contribution < -0.4 is 10.1 Å². The molecule has 0 aromatic heterocycles. The zero-order valence-electron chi connectivity index (χ0n) is 14.2. The minimum atomic E-state index is -0.294. The summed E-state index contributed by atoms with van der Waals surface area (Å²) in [5.74, 6) is 1.29. The van der Waals surface area contributed by atoms with Gasteiger partial charge in [0.15, 0.2) is 0 Å². The Morgan fingerprint density at radius 2 is 2.04 bits per heavy atom. The Bertz CT molecular complexity index is 875. The average Bonchev–Trinajstić information content (AvgIpc) is 3.10. The number of hydrogen-bond acceptors (Lipinski definition) is 4. The average molecular weight is 336 g/mol. The van der Waals surface area contributed by atoms with Crippen molar-refractivity contribution in [3.8, 4) is 5.75 Å². The van der Waals surface area contributed by atoms with Gasteiger partial charge in [-0.25, -0.2) is 0 Å². The Morgan fingerprint density at radius 1 is 1.24 bits per heavy atom. The van der Waals surface area contributed by atoms with E-state index >= 15 is 0 Å². The van der Waals surface area contributed by atoms with E-state index in [-0.39, 0.29) is 28.5 Å². The molecule has 0 spiro atoms. The lowest BCUT2D eigenvalue weighted by atomic mass is 9.75.